The van der Waals surface area contributed by atoms with Crippen molar-refractivity contribution >= 4 is 93.1 Å². The molecule has 350 valence electrons. The molecule has 3 nitrogen and oxygen atoms in total. The van der Waals surface area contributed by atoms with E-state index in [1.54, 1.807) is 0 Å². The molecule has 0 saturated heterocycles. The number of nitrogens with zero attached hydrogens (tertiary/aromatic N) is 2. The van der Waals surface area contributed by atoms with Gasteiger partial charge in [0.25, 0.3) is 0 Å². The smallest absolute Gasteiger partial charge is 0.143 e. The van der Waals surface area contributed by atoms with E-state index in [-0.39, 0.29) is 0 Å². The third-order valence-electron chi connectivity index (χ3n) is 15.4. The molecule has 0 unspecified atom stereocenters. The molecule has 0 fully saturated rings. The number of hydrogen-bond donors (Lipinski definition) is 0. The molecule has 0 amide bonds. The van der Waals surface area contributed by atoms with Crippen molar-refractivity contribution < 1.29 is 4.42 Å². The van der Waals surface area contributed by atoms with Crippen LogP contribution in [-0.4, -0.2) is 4.57 Å². The molecule has 0 radical (unpaired) electrons. The summed E-state index contributed by atoms with van der Waals surface area (Å²) in [6.07, 6.45) is 0. The van der Waals surface area contributed by atoms with E-state index < -0.39 is 0 Å². The van der Waals surface area contributed by atoms with Crippen LogP contribution in [0.5, 0.6) is 0 Å². The predicted molar refractivity (Wildman–Crippen MR) is 317 cm³/mol. The van der Waals surface area contributed by atoms with Crippen molar-refractivity contribution in [1.29, 1.82) is 0 Å². The molecular formula is C72H46N2O. The van der Waals surface area contributed by atoms with E-state index in [9.17, 15) is 0 Å². The van der Waals surface area contributed by atoms with Gasteiger partial charge in [-0.25, -0.2) is 0 Å². The number of hydrogen-bond acceptors (Lipinski definition) is 2. The van der Waals surface area contributed by atoms with Crippen LogP contribution in [0.2, 0.25) is 0 Å². The fourth-order valence-corrected chi connectivity index (χ4v) is 12.0. The van der Waals surface area contributed by atoms with Crippen LogP contribution in [0.1, 0.15) is 0 Å². The molecule has 0 bridgehead atoms. The lowest BCUT2D eigenvalue weighted by Gasteiger charge is -2.27. The van der Waals surface area contributed by atoms with Crippen molar-refractivity contribution in [3.05, 3.63) is 279 Å². The summed E-state index contributed by atoms with van der Waals surface area (Å²) < 4.78 is 8.99. The average Bonchev–Trinajstić information content (AvgIpc) is 4.07. The second kappa shape index (κ2) is 17.4. The van der Waals surface area contributed by atoms with Gasteiger partial charge in [-0.15, -0.1) is 0 Å². The number of benzene rings is 13. The molecule has 0 aliphatic heterocycles. The molecule has 0 aliphatic rings. The zero-order valence-corrected chi connectivity index (χ0v) is 40.9. The van der Waals surface area contributed by atoms with Gasteiger partial charge in [-0.2, -0.15) is 0 Å². The number of anilines is 3. The predicted octanol–water partition coefficient (Wildman–Crippen LogP) is 20.3. The van der Waals surface area contributed by atoms with Gasteiger partial charge < -0.3 is 13.9 Å². The molecule has 0 saturated carbocycles. The van der Waals surface area contributed by atoms with Crippen molar-refractivity contribution in [3.63, 3.8) is 0 Å². The van der Waals surface area contributed by atoms with Gasteiger partial charge in [-0.3, -0.25) is 0 Å². The summed E-state index contributed by atoms with van der Waals surface area (Å²) in [4.78, 5) is 2.40. The van der Waals surface area contributed by atoms with E-state index in [0.29, 0.717) is 0 Å². The van der Waals surface area contributed by atoms with Crippen LogP contribution < -0.4 is 4.90 Å². The molecule has 13 aromatic carbocycles. The van der Waals surface area contributed by atoms with E-state index in [1.165, 1.54) is 70.8 Å². The van der Waals surface area contributed by atoms with E-state index >= 15 is 0 Å². The average molecular weight is 955 g/mol. The van der Waals surface area contributed by atoms with Crippen LogP contribution in [0, 0.1) is 0 Å². The summed E-state index contributed by atoms with van der Waals surface area (Å²) in [5.74, 6) is 0. The second-order valence-electron chi connectivity index (χ2n) is 19.5. The Bertz CT molecular complexity index is 4620. The molecule has 15 rings (SSSR count). The molecule has 0 atom stereocenters. The Kier molecular flexibility index (Phi) is 9.89. The third-order valence-corrected chi connectivity index (χ3v) is 15.4. The Balaban J connectivity index is 0.865. The topological polar surface area (TPSA) is 21.3 Å². The van der Waals surface area contributed by atoms with Gasteiger partial charge in [-0.1, -0.05) is 218 Å². The molecule has 2 aromatic heterocycles. The van der Waals surface area contributed by atoms with E-state index in [4.69, 9.17) is 4.42 Å². The normalized spacial score (nSPS) is 11.7. The Morgan fingerprint density at radius 1 is 0.253 bits per heavy atom. The highest BCUT2D eigenvalue weighted by Gasteiger charge is 2.21. The summed E-state index contributed by atoms with van der Waals surface area (Å²) in [7, 11) is 0. The molecule has 75 heavy (non-hydrogen) atoms. The summed E-state index contributed by atoms with van der Waals surface area (Å²) in [6, 6.07) is 101. The summed E-state index contributed by atoms with van der Waals surface area (Å²) in [5, 5.41) is 12.3. The second-order valence-corrected chi connectivity index (χ2v) is 19.5. The minimum absolute atomic E-state index is 0.898. The van der Waals surface area contributed by atoms with Gasteiger partial charge in [0.15, 0.2) is 0 Å². The SMILES string of the molecule is c1ccc(-c2ccccc2-n2c3ccccc3c3ccccc32)c(-c2ccc(N(c3ccc(-c4ccccc4-c4cccc5c4oc4ccccc45)cc3)c3ccc4c5ccccc5c5ccccc5c4c3)cc2)c1. The zero-order valence-electron chi connectivity index (χ0n) is 40.9. The van der Waals surface area contributed by atoms with Gasteiger partial charge >= 0.3 is 0 Å². The fraction of sp³-hybridized carbons (Fsp3) is 0. The lowest BCUT2D eigenvalue weighted by Crippen LogP contribution is -2.10. The lowest BCUT2D eigenvalue weighted by molar-refractivity contribution is 0.670. The lowest BCUT2D eigenvalue weighted by atomic mass is 9.92. The summed E-state index contributed by atoms with van der Waals surface area (Å²) in [5.41, 5.74) is 17.7. The fourth-order valence-electron chi connectivity index (χ4n) is 12.0. The Morgan fingerprint density at radius 3 is 1.24 bits per heavy atom. The summed E-state index contributed by atoms with van der Waals surface area (Å²) in [6.45, 7) is 0. The van der Waals surface area contributed by atoms with Crippen LogP contribution >= 0.6 is 0 Å². The number of aromatic nitrogens is 1. The number of rotatable bonds is 8. The highest BCUT2D eigenvalue weighted by molar-refractivity contribution is 6.26. The van der Waals surface area contributed by atoms with Gasteiger partial charge in [0.2, 0.25) is 0 Å². The first-order valence-electron chi connectivity index (χ1n) is 25.7. The van der Waals surface area contributed by atoms with E-state index in [2.05, 4.69) is 282 Å². The Hall–Kier alpha value is -9.96. The first kappa shape index (κ1) is 42.7. The van der Waals surface area contributed by atoms with E-state index in [1.807, 2.05) is 6.07 Å². The standard InChI is InChI=1S/C72H46N2O/c1-3-20-54(61-26-9-13-32-68(61)74-69-33-14-10-27-62(69)63-28-11-15-34-70(63)74)52(18-1)47-36-40-49(41-37-47)73(51-44-45-60-58-24-6-5-22-56(58)57-23-7-8-25-59(57)67(60)46-51)50-42-38-48(39-43-50)53-19-2-4-21-55(53)65-30-17-31-66-64-29-12-16-35-71(64)75-72(65)66/h1-46H. The van der Waals surface area contributed by atoms with Crippen LogP contribution in [0.25, 0.3) is 126 Å². The van der Waals surface area contributed by atoms with Crippen LogP contribution in [0.15, 0.2) is 283 Å². The number of furan rings is 1. The minimum Gasteiger partial charge on any atom is -0.455 e. The monoisotopic (exact) mass is 954 g/mol. The number of fused-ring (bicyclic) bond motifs is 12. The maximum Gasteiger partial charge on any atom is 0.143 e. The molecule has 3 heteroatoms. The van der Waals surface area contributed by atoms with Crippen molar-refractivity contribution in [2.45, 2.75) is 0 Å². The van der Waals surface area contributed by atoms with Crippen molar-refractivity contribution in [2.75, 3.05) is 4.90 Å². The molecule has 0 spiro atoms. The van der Waals surface area contributed by atoms with Gasteiger partial charge in [0.1, 0.15) is 11.2 Å². The van der Waals surface area contributed by atoms with Crippen molar-refractivity contribution in [3.8, 4) is 50.2 Å². The first-order chi connectivity index (χ1) is 37.2. The first-order valence-corrected chi connectivity index (χ1v) is 25.7. The van der Waals surface area contributed by atoms with Crippen molar-refractivity contribution in [1.82, 2.24) is 4.57 Å². The molecule has 0 aliphatic carbocycles. The zero-order chi connectivity index (χ0) is 49.4. The molecule has 15 aromatic rings. The van der Waals surface area contributed by atoms with Crippen LogP contribution in [0.4, 0.5) is 17.1 Å². The summed E-state index contributed by atoms with van der Waals surface area (Å²) >= 11 is 0. The molecule has 0 N–H and O–H groups in total. The van der Waals surface area contributed by atoms with Gasteiger partial charge in [-0.05, 0) is 126 Å². The quantitative estimate of drug-likeness (QED) is 0.142. The maximum atomic E-state index is 6.56. The van der Waals surface area contributed by atoms with Gasteiger partial charge in [0.05, 0.1) is 16.7 Å². The van der Waals surface area contributed by atoms with E-state index in [0.717, 1.165) is 72.5 Å². The third kappa shape index (κ3) is 6.90. The number of para-hydroxylation sites is 5. The van der Waals surface area contributed by atoms with Gasteiger partial charge in [0, 0.05) is 49.7 Å². The highest BCUT2D eigenvalue weighted by atomic mass is 16.3. The highest BCUT2D eigenvalue weighted by Crippen LogP contribution is 2.45. The largest absolute Gasteiger partial charge is 0.455 e. The maximum absolute atomic E-state index is 6.56. The van der Waals surface area contributed by atoms with Crippen LogP contribution in [0.3, 0.4) is 0 Å². The molecule has 2 heterocycles. The Labute approximate surface area is 434 Å². The Morgan fingerprint density at radius 2 is 0.653 bits per heavy atom. The molecular weight excluding hydrogens is 909 g/mol. The minimum atomic E-state index is 0.898. The van der Waals surface area contributed by atoms with Crippen LogP contribution in [-0.2, 0) is 0 Å². The van der Waals surface area contributed by atoms with Crippen molar-refractivity contribution in [2.24, 2.45) is 0 Å².